The zero-order valence-electron chi connectivity index (χ0n) is 11.9. The summed E-state index contributed by atoms with van der Waals surface area (Å²) in [7, 11) is 0. The molecule has 0 aliphatic carbocycles. The van der Waals surface area contributed by atoms with Crippen molar-refractivity contribution in [2.24, 2.45) is 0 Å². The molecule has 0 aliphatic heterocycles. The highest BCUT2D eigenvalue weighted by Gasteiger charge is 2.11. The summed E-state index contributed by atoms with van der Waals surface area (Å²) >= 11 is 0. The van der Waals surface area contributed by atoms with Gasteiger partial charge in [-0.05, 0) is 35.9 Å². The van der Waals surface area contributed by atoms with Crippen molar-refractivity contribution in [1.82, 2.24) is 9.97 Å². The second-order valence-electron chi connectivity index (χ2n) is 5.01. The number of hydrogen-bond donors (Lipinski definition) is 1. The van der Waals surface area contributed by atoms with Gasteiger partial charge in [0.2, 0.25) is 0 Å². The standard InChI is InChI=1S/C19H14N2O/c1-2-6-14(7-3-1)22-18-9-5-4-8-16(18)15-10-12-20-19-17(15)11-13-21-19/h1-13H,(H,20,21). The second-order valence-corrected chi connectivity index (χ2v) is 5.01. The van der Waals surface area contributed by atoms with Crippen molar-refractivity contribution in [2.45, 2.75) is 0 Å². The van der Waals surface area contributed by atoms with Crippen molar-refractivity contribution in [3.8, 4) is 22.6 Å². The van der Waals surface area contributed by atoms with E-state index in [0.717, 1.165) is 33.7 Å². The van der Waals surface area contributed by atoms with Gasteiger partial charge in [-0.2, -0.15) is 0 Å². The molecule has 2 aromatic carbocycles. The van der Waals surface area contributed by atoms with E-state index in [2.05, 4.69) is 16.0 Å². The molecule has 106 valence electrons. The Morgan fingerprint density at radius 2 is 1.59 bits per heavy atom. The summed E-state index contributed by atoms with van der Waals surface area (Å²) < 4.78 is 6.06. The number of pyridine rings is 1. The van der Waals surface area contributed by atoms with Crippen molar-refractivity contribution in [2.75, 3.05) is 0 Å². The van der Waals surface area contributed by atoms with Crippen LogP contribution in [-0.2, 0) is 0 Å². The molecular formula is C19H14N2O. The average molecular weight is 286 g/mol. The van der Waals surface area contributed by atoms with Crippen LogP contribution < -0.4 is 4.74 Å². The lowest BCUT2D eigenvalue weighted by atomic mass is 10.0. The average Bonchev–Trinajstić information content (AvgIpc) is 3.05. The van der Waals surface area contributed by atoms with E-state index in [0.29, 0.717) is 0 Å². The van der Waals surface area contributed by atoms with Gasteiger partial charge >= 0.3 is 0 Å². The summed E-state index contributed by atoms with van der Waals surface area (Å²) in [5.41, 5.74) is 3.04. The number of aromatic nitrogens is 2. The fraction of sp³-hybridized carbons (Fsp3) is 0. The predicted octanol–water partition coefficient (Wildman–Crippen LogP) is 5.02. The third-order valence-electron chi connectivity index (χ3n) is 3.61. The minimum Gasteiger partial charge on any atom is -0.457 e. The Labute approximate surface area is 128 Å². The van der Waals surface area contributed by atoms with Crippen LogP contribution in [0.1, 0.15) is 0 Å². The molecule has 22 heavy (non-hydrogen) atoms. The van der Waals surface area contributed by atoms with Crippen LogP contribution in [0.3, 0.4) is 0 Å². The number of hydrogen-bond acceptors (Lipinski definition) is 2. The predicted molar refractivity (Wildman–Crippen MR) is 88.0 cm³/mol. The van der Waals surface area contributed by atoms with E-state index in [1.807, 2.05) is 73.1 Å². The minimum atomic E-state index is 0.828. The van der Waals surface area contributed by atoms with Crippen LogP contribution in [0.4, 0.5) is 0 Å². The van der Waals surface area contributed by atoms with Crippen LogP contribution in [0.2, 0.25) is 0 Å². The molecule has 0 spiro atoms. The molecule has 0 saturated carbocycles. The van der Waals surface area contributed by atoms with Gasteiger partial charge in [-0.3, -0.25) is 0 Å². The van der Waals surface area contributed by atoms with Crippen LogP contribution in [0.25, 0.3) is 22.2 Å². The first-order chi connectivity index (χ1) is 10.9. The number of rotatable bonds is 3. The fourth-order valence-electron chi connectivity index (χ4n) is 2.59. The molecule has 0 fully saturated rings. The molecule has 0 aliphatic rings. The zero-order valence-corrected chi connectivity index (χ0v) is 11.9. The summed E-state index contributed by atoms with van der Waals surface area (Å²) in [5, 5.41) is 1.09. The van der Waals surface area contributed by atoms with Crippen molar-refractivity contribution in [3.05, 3.63) is 79.1 Å². The quantitative estimate of drug-likeness (QED) is 0.574. The SMILES string of the molecule is c1ccc(Oc2ccccc2-c2ccnc3[nH]ccc23)cc1. The van der Waals surface area contributed by atoms with Crippen LogP contribution in [0.5, 0.6) is 11.5 Å². The number of H-pyrrole nitrogens is 1. The van der Waals surface area contributed by atoms with E-state index in [9.17, 15) is 0 Å². The third-order valence-corrected chi connectivity index (χ3v) is 3.61. The second kappa shape index (κ2) is 5.37. The van der Waals surface area contributed by atoms with E-state index in [1.165, 1.54) is 0 Å². The number of nitrogens with one attached hydrogen (secondary N) is 1. The lowest BCUT2D eigenvalue weighted by Crippen LogP contribution is -1.89. The summed E-state index contributed by atoms with van der Waals surface area (Å²) in [5.74, 6) is 1.66. The molecule has 0 radical (unpaired) electrons. The molecule has 4 aromatic rings. The van der Waals surface area contributed by atoms with Crippen LogP contribution in [0.15, 0.2) is 79.1 Å². The highest BCUT2D eigenvalue weighted by Crippen LogP contribution is 2.36. The van der Waals surface area contributed by atoms with Gasteiger partial charge in [0, 0.05) is 23.3 Å². The number of nitrogens with zero attached hydrogens (tertiary/aromatic N) is 1. The molecule has 3 nitrogen and oxygen atoms in total. The topological polar surface area (TPSA) is 37.9 Å². The molecule has 1 N–H and O–H groups in total. The Kier molecular flexibility index (Phi) is 3.09. The minimum absolute atomic E-state index is 0.828. The highest BCUT2D eigenvalue weighted by molar-refractivity contribution is 5.94. The molecular weight excluding hydrogens is 272 g/mol. The van der Waals surface area contributed by atoms with Crippen molar-refractivity contribution in [3.63, 3.8) is 0 Å². The summed E-state index contributed by atoms with van der Waals surface area (Å²) in [6.07, 6.45) is 3.72. The number of para-hydroxylation sites is 2. The number of ether oxygens (including phenoxy) is 1. The Balaban J connectivity index is 1.84. The lowest BCUT2D eigenvalue weighted by Gasteiger charge is -2.12. The van der Waals surface area contributed by atoms with E-state index < -0.39 is 0 Å². The summed E-state index contributed by atoms with van der Waals surface area (Å²) in [6, 6.07) is 21.9. The van der Waals surface area contributed by atoms with Gasteiger partial charge in [0.25, 0.3) is 0 Å². The summed E-state index contributed by atoms with van der Waals surface area (Å²) in [4.78, 5) is 7.49. The first-order valence-corrected chi connectivity index (χ1v) is 7.16. The van der Waals surface area contributed by atoms with Gasteiger partial charge in [0.15, 0.2) is 0 Å². The Bertz CT molecular complexity index is 913. The van der Waals surface area contributed by atoms with Crippen LogP contribution >= 0.6 is 0 Å². The molecule has 4 rings (SSSR count). The molecule has 2 aromatic heterocycles. The first kappa shape index (κ1) is 12.7. The zero-order chi connectivity index (χ0) is 14.8. The monoisotopic (exact) mass is 286 g/mol. The van der Waals surface area contributed by atoms with E-state index >= 15 is 0 Å². The van der Waals surface area contributed by atoms with Crippen LogP contribution in [0, 0.1) is 0 Å². The number of benzene rings is 2. The molecule has 0 bridgehead atoms. The third kappa shape index (κ3) is 2.23. The maximum atomic E-state index is 6.06. The van der Waals surface area contributed by atoms with Gasteiger partial charge < -0.3 is 9.72 Å². The fourth-order valence-corrected chi connectivity index (χ4v) is 2.59. The Hall–Kier alpha value is -3.07. The molecule has 0 saturated heterocycles. The lowest BCUT2D eigenvalue weighted by molar-refractivity contribution is 0.484. The van der Waals surface area contributed by atoms with Crippen molar-refractivity contribution < 1.29 is 4.74 Å². The largest absolute Gasteiger partial charge is 0.457 e. The van der Waals surface area contributed by atoms with Gasteiger partial charge in [0.1, 0.15) is 17.1 Å². The number of aromatic amines is 1. The Morgan fingerprint density at radius 3 is 2.50 bits per heavy atom. The van der Waals surface area contributed by atoms with Gasteiger partial charge in [-0.15, -0.1) is 0 Å². The van der Waals surface area contributed by atoms with Gasteiger partial charge in [-0.1, -0.05) is 36.4 Å². The van der Waals surface area contributed by atoms with Gasteiger partial charge in [-0.25, -0.2) is 4.98 Å². The summed E-state index contributed by atoms with van der Waals surface area (Å²) in [6.45, 7) is 0. The molecule has 0 amide bonds. The number of fused-ring (bicyclic) bond motifs is 1. The van der Waals surface area contributed by atoms with Crippen molar-refractivity contribution in [1.29, 1.82) is 0 Å². The maximum Gasteiger partial charge on any atom is 0.137 e. The van der Waals surface area contributed by atoms with Crippen LogP contribution in [-0.4, -0.2) is 9.97 Å². The smallest absolute Gasteiger partial charge is 0.137 e. The van der Waals surface area contributed by atoms with Crippen molar-refractivity contribution >= 4 is 11.0 Å². The van der Waals surface area contributed by atoms with E-state index in [4.69, 9.17) is 4.74 Å². The molecule has 3 heteroatoms. The molecule has 0 unspecified atom stereocenters. The normalized spacial score (nSPS) is 10.7. The molecule has 2 heterocycles. The highest BCUT2D eigenvalue weighted by atomic mass is 16.5. The van der Waals surface area contributed by atoms with E-state index in [-0.39, 0.29) is 0 Å². The molecule has 0 atom stereocenters. The van der Waals surface area contributed by atoms with Gasteiger partial charge in [0.05, 0.1) is 0 Å². The maximum absolute atomic E-state index is 6.06. The Morgan fingerprint density at radius 1 is 0.773 bits per heavy atom. The van der Waals surface area contributed by atoms with E-state index in [1.54, 1.807) is 0 Å². The first-order valence-electron chi connectivity index (χ1n) is 7.16.